The predicted octanol–water partition coefficient (Wildman–Crippen LogP) is 3.63. The summed E-state index contributed by atoms with van der Waals surface area (Å²) in [4.78, 5) is 6.47. The van der Waals surface area contributed by atoms with E-state index in [0.29, 0.717) is 30.3 Å². The van der Waals surface area contributed by atoms with Crippen LogP contribution in [0, 0.1) is 10.7 Å². The van der Waals surface area contributed by atoms with Gasteiger partial charge in [-0.3, -0.25) is 14.5 Å². The lowest BCUT2D eigenvalue weighted by atomic mass is 10.1. The average Bonchev–Trinajstić information content (AvgIpc) is 3.28. The average molecular weight is 472 g/mol. The Balaban J connectivity index is 1.70. The van der Waals surface area contributed by atoms with Gasteiger partial charge >= 0.3 is 0 Å². The number of nitrogens with zero attached hydrogens (tertiary/aromatic N) is 5. The van der Waals surface area contributed by atoms with Crippen LogP contribution in [0.15, 0.2) is 54.9 Å². The summed E-state index contributed by atoms with van der Waals surface area (Å²) in [5, 5.41) is 4.88. The van der Waals surface area contributed by atoms with Crippen LogP contribution < -0.4 is 0 Å². The molecule has 1 fully saturated rings. The van der Waals surface area contributed by atoms with Crippen LogP contribution in [0.3, 0.4) is 0 Å². The fraction of sp³-hybridized carbons (Fsp3) is 0.435. The van der Waals surface area contributed by atoms with Crippen LogP contribution in [0.25, 0.3) is 11.4 Å². The number of pyridine rings is 1. The molecular formula is C23H29N5O2S2. The fourth-order valence-corrected chi connectivity index (χ4v) is 6.19. The molecule has 0 bridgehead atoms. The van der Waals surface area contributed by atoms with Gasteiger partial charge < -0.3 is 0 Å². The Labute approximate surface area is 194 Å². The highest BCUT2D eigenvalue weighted by molar-refractivity contribution is 7.91. The van der Waals surface area contributed by atoms with E-state index in [2.05, 4.69) is 35.9 Å². The normalized spacial score (nSPS) is 17.9. The topological polar surface area (TPSA) is 73.0 Å². The van der Waals surface area contributed by atoms with Crippen molar-refractivity contribution in [2.24, 2.45) is 5.92 Å². The number of aromatic nitrogens is 4. The standard InChI is InChI=1S/C23H29N5O2S2/c1-18(2)14-26(21-10-12-32(29,30)16-21)17-28-23(31)27(15-19-7-4-3-5-8-19)22(25-28)20-9-6-11-24-13-20/h3-9,11,13,18,21H,10,12,14-17H2,1-2H3. The monoisotopic (exact) mass is 471 g/mol. The van der Waals surface area contributed by atoms with Gasteiger partial charge in [-0.2, -0.15) is 5.10 Å². The molecule has 0 N–H and O–H groups in total. The molecule has 9 heteroatoms. The molecule has 1 unspecified atom stereocenters. The van der Waals surface area contributed by atoms with Gasteiger partial charge in [0, 0.05) is 30.5 Å². The number of hydrogen-bond acceptors (Lipinski definition) is 6. The van der Waals surface area contributed by atoms with E-state index in [9.17, 15) is 8.42 Å². The van der Waals surface area contributed by atoms with Crippen molar-refractivity contribution in [2.45, 2.75) is 39.5 Å². The molecule has 0 spiro atoms. The van der Waals surface area contributed by atoms with Gasteiger partial charge in [-0.25, -0.2) is 13.1 Å². The van der Waals surface area contributed by atoms with Gasteiger partial charge in [-0.1, -0.05) is 44.2 Å². The lowest BCUT2D eigenvalue weighted by molar-refractivity contribution is 0.137. The van der Waals surface area contributed by atoms with Gasteiger partial charge in [0.15, 0.2) is 20.4 Å². The summed E-state index contributed by atoms with van der Waals surface area (Å²) in [7, 11) is -2.98. The maximum absolute atomic E-state index is 12.1. The number of benzene rings is 1. The third kappa shape index (κ3) is 5.33. The molecule has 2 aromatic heterocycles. The Kier molecular flexibility index (Phi) is 6.88. The summed E-state index contributed by atoms with van der Waals surface area (Å²) >= 11 is 5.86. The second-order valence-electron chi connectivity index (χ2n) is 8.78. The zero-order valence-electron chi connectivity index (χ0n) is 18.5. The van der Waals surface area contributed by atoms with E-state index in [0.717, 1.165) is 23.5 Å². The van der Waals surface area contributed by atoms with E-state index in [1.807, 2.05) is 39.6 Å². The Bertz CT molecular complexity index is 1200. The van der Waals surface area contributed by atoms with Crippen LogP contribution >= 0.6 is 12.2 Å². The molecule has 0 aliphatic carbocycles. The van der Waals surface area contributed by atoms with Gasteiger partial charge in [0.2, 0.25) is 0 Å². The van der Waals surface area contributed by atoms with Gasteiger partial charge in [0.1, 0.15) is 0 Å². The largest absolute Gasteiger partial charge is 0.295 e. The number of rotatable bonds is 8. The van der Waals surface area contributed by atoms with Crippen LogP contribution in [0.4, 0.5) is 0 Å². The van der Waals surface area contributed by atoms with Crippen molar-refractivity contribution in [3.05, 3.63) is 65.2 Å². The van der Waals surface area contributed by atoms with Crippen molar-refractivity contribution in [3.8, 4) is 11.4 Å². The summed E-state index contributed by atoms with van der Waals surface area (Å²) in [6.07, 6.45) is 4.18. The molecule has 0 saturated carbocycles. The van der Waals surface area contributed by atoms with E-state index < -0.39 is 9.84 Å². The fourth-order valence-electron chi connectivity index (χ4n) is 4.18. The summed E-state index contributed by atoms with van der Waals surface area (Å²) in [6.45, 7) is 6.14. The van der Waals surface area contributed by atoms with Gasteiger partial charge in [-0.05, 0) is 42.3 Å². The molecule has 0 radical (unpaired) electrons. The van der Waals surface area contributed by atoms with Crippen molar-refractivity contribution in [2.75, 3.05) is 18.1 Å². The quantitative estimate of drug-likeness (QED) is 0.467. The zero-order valence-corrected chi connectivity index (χ0v) is 20.1. The molecule has 1 saturated heterocycles. The molecule has 32 heavy (non-hydrogen) atoms. The molecule has 3 aromatic rings. The first-order valence-corrected chi connectivity index (χ1v) is 13.1. The van der Waals surface area contributed by atoms with E-state index in [1.54, 1.807) is 12.4 Å². The molecule has 1 aromatic carbocycles. The van der Waals surface area contributed by atoms with Crippen LogP contribution in [-0.2, 0) is 23.1 Å². The van der Waals surface area contributed by atoms with Gasteiger partial charge in [0.05, 0.1) is 24.7 Å². The third-order valence-electron chi connectivity index (χ3n) is 5.67. The highest BCUT2D eigenvalue weighted by atomic mass is 32.2. The van der Waals surface area contributed by atoms with E-state index >= 15 is 0 Å². The second kappa shape index (κ2) is 9.64. The van der Waals surface area contributed by atoms with Crippen molar-refractivity contribution < 1.29 is 8.42 Å². The Morgan fingerprint density at radius 1 is 1.19 bits per heavy atom. The molecule has 4 rings (SSSR count). The summed E-state index contributed by atoms with van der Waals surface area (Å²) < 4.78 is 28.7. The van der Waals surface area contributed by atoms with Gasteiger partial charge in [0.25, 0.3) is 0 Å². The van der Waals surface area contributed by atoms with Crippen molar-refractivity contribution >= 4 is 22.1 Å². The lowest BCUT2D eigenvalue weighted by Gasteiger charge is -2.29. The first-order chi connectivity index (χ1) is 15.3. The molecule has 7 nitrogen and oxygen atoms in total. The minimum atomic E-state index is -2.98. The van der Waals surface area contributed by atoms with Crippen molar-refractivity contribution in [3.63, 3.8) is 0 Å². The van der Waals surface area contributed by atoms with Crippen LogP contribution in [0.1, 0.15) is 25.8 Å². The van der Waals surface area contributed by atoms with Crippen LogP contribution in [0.5, 0.6) is 0 Å². The minimum Gasteiger partial charge on any atom is -0.295 e. The Morgan fingerprint density at radius 2 is 1.97 bits per heavy atom. The highest BCUT2D eigenvalue weighted by Gasteiger charge is 2.33. The molecule has 0 amide bonds. The SMILES string of the molecule is CC(C)CN(Cn1nc(-c2cccnc2)n(Cc2ccccc2)c1=S)C1CCS(=O)(=O)C1. The highest BCUT2D eigenvalue weighted by Crippen LogP contribution is 2.22. The Morgan fingerprint density at radius 3 is 2.59 bits per heavy atom. The molecule has 1 aliphatic heterocycles. The minimum absolute atomic E-state index is 0.00887. The lowest BCUT2D eigenvalue weighted by Crippen LogP contribution is -2.40. The van der Waals surface area contributed by atoms with E-state index in [-0.39, 0.29) is 17.5 Å². The van der Waals surface area contributed by atoms with Crippen molar-refractivity contribution in [1.82, 2.24) is 24.2 Å². The number of sulfone groups is 1. The Hall–Kier alpha value is -2.36. The van der Waals surface area contributed by atoms with E-state index in [4.69, 9.17) is 17.3 Å². The van der Waals surface area contributed by atoms with E-state index in [1.165, 1.54) is 0 Å². The predicted molar refractivity (Wildman–Crippen MR) is 128 cm³/mol. The smallest absolute Gasteiger partial charge is 0.199 e. The molecule has 1 atom stereocenters. The molecular weight excluding hydrogens is 442 g/mol. The number of hydrogen-bond donors (Lipinski definition) is 0. The van der Waals surface area contributed by atoms with Crippen LogP contribution in [0.2, 0.25) is 0 Å². The maximum atomic E-state index is 12.1. The molecule has 1 aliphatic rings. The van der Waals surface area contributed by atoms with Crippen molar-refractivity contribution in [1.29, 1.82) is 0 Å². The molecule has 3 heterocycles. The summed E-state index contributed by atoms with van der Waals surface area (Å²) in [5.41, 5.74) is 2.03. The first-order valence-electron chi connectivity index (χ1n) is 10.9. The summed E-state index contributed by atoms with van der Waals surface area (Å²) in [6, 6.07) is 14.0. The first kappa shape index (κ1) is 22.8. The zero-order chi connectivity index (χ0) is 22.7. The third-order valence-corrected chi connectivity index (χ3v) is 7.85. The molecule has 170 valence electrons. The van der Waals surface area contributed by atoms with Gasteiger partial charge in [-0.15, -0.1) is 0 Å². The summed E-state index contributed by atoms with van der Waals surface area (Å²) in [5.74, 6) is 1.61. The van der Waals surface area contributed by atoms with Crippen LogP contribution in [-0.4, -0.2) is 56.7 Å². The second-order valence-corrected chi connectivity index (χ2v) is 11.4. The maximum Gasteiger partial charge on any atom is 0.199 e.